The molecule has 0 aliphatic rings. The molecular formula is C16H28N2. The Morgan fingerprint density at radius 2 is 1.94 bits per heavy atom. The van der Waals surface area contributed by atoms with Gasteiger partial charge in [0, 0.05) is 25.8 Å². The summed E-state index contributed by atoms with van der Waals surface area (Å²) in [6, 6.07) is 8.56. The number of rotatable bonds is 7. The van der Waals surface area contributed by atoms with Gasteiger partial charge < -0.3 is 10.6 Å². The van der Waals surface area contributed by atoms with Crippen molar-refractivity contribution < 1.29 is 0 Å². The zero-order valence-corrected chi connectivity index (χ0v) is 12.5. The first-order chi connectivity index (χ1) is 8.43. The molecule has 0 unspecified atom stereocenters. The fourth-order valence-electron chi connectivity index (χ4n) is 2.56. The minimum Gasteiger partial charge on any atom is -0.388 e. The molecule has 102 valence electrons. The molecule has 0 fully saturated rings. The number of anilines is 1. The average molecular weight is 248 g/mol. The summed E-state index contributed by atoms with van der Waals surface area (Å²) in [5.74, 6) is 0.759. The van der Waals surface area contributed by atoms with Crippen LogP contribution in [0.25, 0.3) is 0 Å². The van der Waals surface area contributed by atoms with Gasteiger partial charge in [-0.1, -0.05) is 39.8 Å². The summed E-state index contributed by atoms with van der Waals surface area (Å²) in [6.45, 7) is 11.3. The molecule has 0 bridgehead atoms. The minimum atomic E-state index is 0.370. The van der Waals surface area contributed by atoms with Crippen molar-refractivity contribution in [2.24, 2.45) is 11.3 Å². The molecular weight excluding hydrogens is 220 g/mol. The second-order valence-electron chi connectivity index (χ2n) is 6.32. The number of benzene rings is 1. The Balaban J connectivity index is 2.41. The van der Waals surface area contributed by atoms with Crippen molar-refractivity contribution in [3.63, 3.8) is 0 Å². The lowest BCUT2D eigenvalue weighted by Crippen LogP contribution is -2.30. The molecule has 0 aliphatic carbocycles. The Bertz CT molecular complexity index is 356. The molecule has 1 aromatic rings. The van der Waals surface area contributed by atoms with E-state index in [1.165, 1.54) is 17.7 Å². The Morgan fingerprint density at radius 1 is 1.22 bits per heavy atom. The van der Waals surface area contributed by atoms with Gasteiger partial charge in [0.15, 0.2) is 0 Å². The second-order valence-corrected chi connectivity index (χ2v) is 6.32. The summed E-state index contributed by atoms with van der Waals surface area (Å²) >= 11 is 0. The van der Waals surface area contributed by atoms with E-state index in [-0.39, 0.29) is 0 Å². The normalized spacial score (nSPS) is 11.9. The summed E-state index contributed by atoms with van der Waals surface area (Å²) in [7, 11) is 1.96. The van der Waals surface area contributed by atoms with E-state index >= 15 is 0 Å². The zero-order valence-electron chi connectivity index (χ0n) is 12.5. The van der Waals surface area contributed by atoms with Crippen LogP contribution < -0.4 is 10.6 Å². The van der Waals surface area contributed by atoms with Crippen LogP contribution in [0.15, 0.2) is 24.3 Å². The Kier molecular flexibility index (Phi) is 5.67. The molecule has 2 nitrogen and oxygen atoms in total. The van der Waals surface area contributed by atoms with E-state index in [2.05, 4.69) is 62.6 Å². The van der Waals surface area contributed by atoms with Crippen molar-refractivity contribution >= 4 is 5.69 Å². The Labute approximate surface area is 112 Å². The van der Waals surface area contributed by atoms with Gasteiger partial charge in [-0.15, -0.1) is 0 Å². The largest absolute Gasteiger partial charge is 0.388 e. The summed E-state index contributed by atoms with van der Waals surface area (Å²) < 4.78 is 0. The third-order valence-electron chi connectivity index (χ3n) is 3.11. The molecule has 0 heterocycles. The summed E-state index contributed by atoms with van der Waals surface area (Å²) in [6.07, 6.45) is 1.26. The van der Waals surface area contributed by atoms with Crippen LogP contribution in [0.5, 0.6) is 0 Å². The quantitative estimate of drug-likeness (QED) is 0.765. The molecule has 0 radical (unpaired) electrons. The lowest BCUT2D eigenvalue weighted by molar-refractivity contribution is 0.273. The van der Waals surface area contributed by atoms with Crippen LogP contribution in [0.1, 0.15) is 39.7 Å². The lowest BCUT2D eigenvalue weighted by atomic mass is 9.84. The second kappa shape index (κ2) is 6.79. The van der Waals surface area contributed by atoms with E-state index in [1.54, 1.807) is 0 Å². The van der Waals surface area contributed by atoms with Crippen LogP contribution in [0.4, 0.5) is 5.69 Å². The summed E-state index contributed by atoms with van der Waals surface area (Å²) in [5.41, 5.74) is 2.88. The molecule has 0 spiro atoms. The topological polar surface area (TPSA) is 24.1 Å². The molecule has 2 heteroatoms. The van der Waals surface area contributed by atoms with Gasteiger partial charge in [-0.2, -0.15) is 0 Å². The molecule has 18 heavy (non-hydrogen) atoms. The summed E-state index contributed by atoms with van der Waals surface area (Å²) in [5, 5.41) is 6.74. The maximum Gasteiger partial charge on any atom is 0.0340 e. The number of nitrogens with one attached hydrogen (secondary N) is 2. The van der Waals surface area contributed by atoms with Gasteiger partial charge in [-0.3, -0.25) is 0 Å². The van der Waals surface area contributed by atoms with Crippen LogP contribution in [0.3, 0.4) is 0 Å². The predicted octanol–water partition coefficient (Wildman–Crippen LogP) is 3.89. The highest BCUT2D eigenvalue weighted by molar-refractivity contribution is 5.44. The lowest BCUT2D eigenvalue weighted by Gasteiger charge is -2.27. The number of hydrogen-bond acceptors (Lipinski definition) is 2. The van der Waals surface area contributed by atoms with Crippen LogP contribution in [0.2, 0.25) is 0 Å². The van der Waals surface area contributed by atoms with E-state index in [0.29, 0.717) is 5.41 Å². The third kappa shape index (κ3) is 5.54. The van der Waals surface area contributed by atoms with Gasteiger partial charge in [-0.25, -0.2) is 0 Å². The maximum atomic E-state index is 3.57. The highest BCUT2D eigenvalue weighted by Gasteiger charge is 2.18. The molecule has 1 rings (SSSR count). The van der Waals surface area contributed by atoms with Gasteiger partial charge >= 0.3 is 0 Å². The van der Waals surface area contributed by atoms with Crippen molar-refractivity contribution in [1.82, 2.24) is 5.32 Å². The highest BCUT2D eigenvalue weighted by atomic mass is 14.9. The van der Waals surface area contributed by atoms with Crippen LogP contribution in [0, 0.1) is 11.3 Å². The highest BCUT2D eigenvalue weighted by Crippen LogP contribution is 2.24. The third-order valence-corrected chi connectivity index (χ3v) is 3.11. The van der Waals surface area contributed by atoms with E-state index in [4.69, 9.17) is 0 Å². The van der Waals surface area contributed by atoms with E-state index in [1.807, 2.05) is 7.05 Å². The van der Waals surface area contributed by atoms with Gasteiger partial charge in [0.2, 0.25) is 0 Å². The number of hydrogen-bond donors (Lipinski definition) is 2. The molecule has 0 amide bonds. The first-order valence-corrected chi connectivity index (χ1v) is 6.90. The van der Waals surface area contributed by atoms with Gasteiger partial charge in [0.05, 0.1) is 0 Å². The van der Waals surface area contributed by atoms with Crippen LogP contribution in [-0.4, -0.2) is 13.6 Å². The van der Waals surface area contributed by atoms with Gasteiger partial charge in [-0.05, 0) is 35.4 Å². The smallest absolute Gasteiger partial charge is 0.0340 e. The molecule has 0 aliphatic heterocycles. The summed E-state index contributed by atoms with van der Waals surface area (Å²) in [4.78, 5) is 0. The molecule has 0 aromatic heterocycles. The van der Waals surface area contributed by atoms with Crippen molar-refractivity contribution in [3.05, 3.63) is 29.8 Å². The van der Waals surface area contributed by atoms with E-state index < -0.39 is 0 Å². The predicted molar refractivity (Wildman–Crippen MR) is 80.9 cm³/mol. The standard InChI is InChI=1S/C16H28N2/c1-13(2)10-16(3,4)12-18-11-14-7-6-8-15(9-14)17-5/h6-9,13,17-18H,10-12H2,1-5H3. The fraction of sp³-hybridized carbons (Fsp3) is 0.625. The van der Waals surface area contributed by atoms with Gasteiger partial charge in [0.1, 0.15) is 0 Å². The first-order valence-electron chi connectivity index (χ1n) is 6.90. The molecule has 0 saturated heterocycles. The molecule has 1 aromatic carbocycles. The Morgan fingerprint density at radius 3 is 2.56 bits per heavy atom. The average Bonchev–Trinajstić information content (AvgIpc) is 2.27. The van der Waals surface area contributed by atoms with Crippen molar-refractivity contribution in [1.29, 1.82) is 0 Å². The maximum absolute atomic E-state index is 3.57. The van der Waals surface area contributed by atoms with Crippen LogP contribution in [-0.2, 0) is 6.54 Å². The monoisotopic (exact) mass is 248 g/mol. The van der Waals surface area contributed by atoms with E-state index in [9.17, 15) is 0 Å². The fourth-order valence-corrected chi connectivity index (χ4v) is 2.56. The van der Waals surface area contributed by atoms with Crippen molar-refractivity contribution in [3.8, 4) is 0 Å². The van der Waals surface area contributed by atoms with Crippen molar-refractivity contribution in [2.45, 2.75) is 40.7 Å². The zero-order chi connectivity index (χ0) is 13.6. The first kappa shape index (κ1) is 15.0. The van der Waals surface area contributed by atoms with E-state index in [0.717, 1.165) is 19.0 Å². The van der Waals surface area contributed by atoms with Gasteiger partial charge in [0.25, 0.3) is 0 Å². The minimum absolute atomic E-state index is 0.370. The molecule has 0 saturated carbocycles. The Hall–Kier alpha value is -1.02. The van der Waals surface area contributed by atoms with Crippen molar-refractivity contribution in [2.75, 3.05) is 18.9 Å². The molecule has 2 N–H and O–H groups in total. The van der Waals surface area contributed by atoms with Crippen LogP contribution >= 0.6 is 0 Å². The SMILES string of the molecule is CNc1cccc(CNCC(C)(C)CC(C)C)c1. The molecule has 0 atom stereocenters.